The van der Waals surface area contributed by atoms with E-state index in [0.717, 1.165) is 5.56 Å². The van der Waals surface area contributed by atoms with Gasteiger partial charge >= 0.3 is 5.97 Å². The molecular formula is C19H13ClN2O5. The standard InChI is InChI=1S/C19H13ClN2O5/c1-2-9-26-14-6-3-12(4-7-14)10-16-19(23)27-18(21-16)13-5-8-15(20)17(11-13)22(24)25/h2-8,10-11H,1,9H2/b16-10-. The van der Waals surface area contributed by atoms with E-state index in [4.69, 9.17) is 21.1 Å². The number of cyclic esters (lactones) is 1. The molecule has 1 heterocycles. The number of ether oxygens (including phenoxy) is 2. The second kappa shape index (κ2) is 7.84. The molecule has 0 amide bonds. The number of carbonyl (C=O) groups is 1. The first-order valence-electron chi connectivity index (χ1n) is 7.78. The van der Waals surface area contributed by atoms with Gasteiger partial charge in [0, 0.05) is 11.6 Å². The molecule has 2 aromatic rings. The molecule has 0 aliphatic carbocycles. The number of rotatable bonds is 6. The molecule has 7 nitrogen and oxygen atoms in total. The van der Waals surface area contributed by atoms with Crippen LogP contribution in [-0.4, -0.2) is 23.4 Å². The average molecular weight is 385 g/mol. The smallest absolute Gasteiger partial charge is 0.363 e. The highest BCUT2D eigenvalue weighted by Gasteiger charge is 2.26. The summed E-state index contributed by atoms with van der Waals surface area (Å²) in [4.78, 5) is 26.6. The molecule has 136 valence electrons. The molecule has 0 aromatic heterocycles. The van der Waals surface area contributed by atoms with Gasteiger partial charge in [-0.2, -0.15) is 0 Å². The number of nitro groups is 1. The Morgan fingerprint density at radius 3 is 2.67 bits per heavy atom. The minimum atomic E-state index is -0.644. The summed E-state index contributed by atoms with van der Waals surface area (Å²) in [6, 6.07) is 11.1. The molecule has 0 saturated carbocycles. The number of aliphatic imine (C=N–C) groups is 1. The summed E-state index contributed by atoms with van der Waals surface area (Å²) in [5, 5.41) is 11.0. The maximum Gasteiger partial charge on any atom is 0.363 e. The van der Waals surface area contributed by atoms with Crippen LogP contribution in [0.1, 0.15) is 11.1 Å². The number of hydrogen-bond acceptors (Lipinski definition) is 6. The van der Waals surface area contributed by atoms with E-state index >= 15 is 0 Å². The van der Waals surface area contributed by atoms with Gasteiger partial charge in [-0.25, -0.2) is 9.79 Å². The maximum absolute atomic E-state index is 12.1. The molecule has 0 bridgehead atoms. The van der Waals surface area contributed by atoms with Crippen LogP contribution in [0.25, 0.3) is 6.08 Å². The van der Waals surface area contributed by atoms with Gasteiger partial charge in [-0.05, 0) is 35.9 Å². The van der Waals surface area contributed by atoms with Crippen LogP contribution in [0.3, 0.4) is 0 Å². The lowest BCUT2D eigenvalue weighted by Gasteiger charge is -2.02. The Hall–Kier alpha value is -3.45. The Labute approximate surface area is 159 Å². The van der Waals surface area contributed by atoms with E-state index < -0.39 is 10.9 Å². The number of nitro benzene ring substituents is 1. The summed E-state index contributed by atoms with van der Waals surface area (Å²) >= 11 is 5.79. The molecule has 8 heteroatoms. The lowest BCUT2D eigenvalue weighted by atomic mass is 10.2. The van der Waals surface area contributed by atoms with Gasteiger partial charge in [0.1, 0.15) is 17.4 Å². The third-order valence-electron chi connectivity index (χ3n) is 3.56. The molecule has 0 atom stereocenters. The zero-order chi connectivity index (χ0) is 19.4. The molecule has 0 unspecified atom stereocenters. The highest BCUT2D eigenvalue weighted by molar-refractivity contribution is 6.32. The van der Waals surface area contributed by atoms with E-state index in [-0.39, 0.29) is 27.9 Å². The molecule has 2 aromatic carbocycles. The number of esters is 1. The van der Waals surface area contributed by atoms with Gasteiger partial charge in [-0.15, -0.1) is 0 Å². The zero-order valence-corrected chi connectivity index (χ0v) is 14.7. The summed E-state index contributed by atoms with van der Waals surface area (Å²) in [5.41, 5.74) is 0.804. The van der Waals surface area contributed by atoms with Crippen molar-refractivity contribution >= 4 is 35.2 Å². The van der Waals surface area contributed by atoms with Crippen molar-refractivity contribution in [3.05, 3.63) is 87.1 Å². The van der Waals surface area contributed by atoms with E-state index in [0.29, 0.717) is 12.4 Å². The highest BCUT2D eigenvalue weighted by atomic mass is 35.5. The molecule has 0 radical (unpaired) electrons. The van der Waals surface area contributed by atoms with Crippen LogP contribution in [0.5, 0.6) is 5.75 Å². The normalized spacial score (nSPS) is 14.6. The Balaban J connectivity index is 1.85. The van der Waals surface area contributed by atoms with Crippen molar-refractivity contribution in [1.29, 1.82) is 0 Å². The largest absolute Gasteiger partial charge is 0.490 e. The van der Waals surface area contributed by atoms with Crippen molar-refractivity contribution < 1.29 is 19.2 Å². The second-order valence-corrected chi connectivity index (χ2v) is 5.84. The lowest BCUT2D eigenvalue weighted by Crippen LogP contribution is -2.06. The molecule has 1 aliphatic heterocycles. The predicted octanol–water partition coefficient (Wildman–Crippen LogP) is 4.16. The van der Waals surface area contributed by atoms with Crippen molar-refractivity contribution in [2.24, 2.45) is 4.99 Å². The first kappa shape index (κ1) is 18.3. The Bertz CT molecular complexity index is 980. The fourth-order valence-corrected chi connectivity index (χ4v) is 2.48. The van der Waals surface area contributed by atoms with Crippen LogP contribution in [0.15, 0.2) is 65.8 Å². The zero-order valence-electron chi connectivity index (χ0n) is 13.9. The van der Waals surface area contributed by atoms with Crippen LogP contribution in [-0.2, 0) is 9.53 Å². The molecule has 0 fully saturated rings. The fourth-order valence-electron chi connectivity index (χ4n) is 2.29. The Morgan fingerprint density at radius 1 is 1.26 bits per heavy atom. The van der Waals surface area contributed by atoms with Crippen molar-refractivity contribution in [1.82, 2.24) is 0 Å². The van der Waals surface area contributed by atoms with Crippen LogP contribution in [0, 0.1) is 10.1 Å². The predicted molar refractivity (Wildman–Crippen MR) is 101 cm³/mol. The van der Waals surface area contributed by atoms with Gasteiger partial charge < -0.3 is 9.47 Å². The molecule has 3 rings (SSSR count). The number of hydrogen-bond donors (Lipinski definition) is 0. The lowest BCUT2D eigenvalue weighted by molar-refractivity contribution is -0.384. The SMILES string of the molecule is C=CCOc1ccc(/C=C2\N=C(c3ccc(Cl)c([N+](=O)[O-])c3)OC2=O)cc1. The number of carbonyl (C=O) groups excluding carboxylic acids is 1. The van der Waals surface area contributed by atoms with Crippen LogP contribution < -0.4 is 4.74 Å². The number of nitrogens with zero attached hydrogens (tertiary/aromatic N) is 2. The minimum Gasteiger partial charge on any atom is -0.490 e. The van der Waals surface area contributed by atoms with Crippen molar-refractivity contribution in [2.45, 2.75) is 0 Å². The monoisotopic (exact) mass is 384 g/mol. The van der Waals surface area contributed by atoms with E-state index in [1.54, 1.807) is 36.4 Å². The summed E-state index contributed by atoms with van der Waals surface area (Å²) < 4.78 is 10.5. The van der Waals surface area contributed by atoms with Crippen molar-refractivity contribution in [3.63, 3.8) is 0 Å². The molecule has 27 heavy (non-hydrogen) atoms. The van der Waals surface area contributed by atoms with E-state index in [1.807, 2.05) is 0 Å². The fraction of sp³-hybridized carbons (Fsp3) is 0.0526. The van der Waals surface area contributed by atoms with Gasteiger partial charge in [0.2, 0.25) is 5.90 Å². The van der Waals surface area contributed by atoms with Crippen LogP contribution in [0.2, 0.25) is 5.02 Å². The van der Waals surface area contributed by atoms with Gasteiger partial charge in [-0.3, -0.25) is 10.1 Å². The third kappa shape index (κ3) is 4.21. The minimum absolute atomic E-state index is 0.0109. The van der Waals surface area contributed by atoms with Gasteiger partial charge in [0.25, 0.3) is 5.69 Å². The van der Waals surface area contributed by atoms with Crippen LogP contribution in [0.4, 0.5) is 5.69 Å². The van der Waals surface area contributed by atoms with Crippen molar-refractivity contribution in [2.75, 3.05) is 6.61 Å². The van der Waals surface area contributed by atoms with E-state index in [9.17, 15) is 14.9 Å². The molecule has 0 spiro atoms. The average Bonchev–Trinajstić information content (AvgIpc) is 3.02. The topological polar surface area (TPSA) is 91.0 Å². The summed E-state index contributed by atoms with van der Waals surface area (Å²) in [6.45, 7) is 3.97. The van der Waals surface area contributed by atoms with E-state index in [1.165, 1.54) is 18.2 Å². The van der Waals surface area contributed by atoms with Gasteiger partial charge in [0.15, 0.2) is 5.70 Å². The summed E-state index contributed by atoms with van der Waals surface area (Å²) in [6.07, 6.45) is 3.19. The Morgan fingerprint density at radius 2 is 2.00 bits per heavy atom. The molecule has 1 aliphatic rings. The number of halogens is 1. The van der Waals surface area contributed by atoms with Gasteiger partial charge in [-0.1, -0.05) is 36.4 Å². The molecular weight excluding hydrogens is 372 g/mol. The van der Waals surface area contributed by atoms with Crippen LogP contribution >= 0.6 is 11.6 Å². The first-order chi connectivity index (χ1) is 13.0. The maximum atomic E-state index is 12.1. The second-order valence-electron chi connectivity index (χ2n) is 5.43. The Kier molecular flexibility index (Phi) is 5.33. The third-order valence-corrected chi connectivity index (χ3v) is 3.88. The highest BCUT2D eigenvalue weighted by Crippen LogP contribution is 2.27. The number of benzene rings is 2. The summed E-state index contributed by atoms with van der Waals surface area (Å²) in [7, 11) is 0. The first-order valence-corrected chi connectivity index (χ1v) is 8.16. The molecule has 0 N–H and O–H groups in total. The molecule has 0 saturated heterocycles. The van der Waals surface area contributed by atoms with E-state index in [2.05, 4.69) is 11.6 Å². The van der Waals surface area contributed by atoms with Gasteiger partial charge in [0.05, 0.1) is 4.92 Å². The van der Waals surface area contributed by atoms with Crippen molar-refractivity contribution in [3.8, 4) is 5.75 Å². The quantitative estimate of drug-likeness (QED) is 0.245. The summed E-state index contributed by atoms with van der Waals surface area (Å²) in [5.74, 6) is 0.00949.